The molecule has 3 nitrogen and oxygen atoms in total. The standard InChI is InChI=1S/C18H25NO2/c1-4-5-15-16(11-17(20)19-18(15)21)14-8-6-13(7-9-14)10-12(2)3/h6-9,12,15-16H,4-5,10-11H2,1-3H3,(H,19,20,21). The van der Waals surface area contributed by atoms with E-state index in [9.17, 15) is 9.59 Å². The number of hydrogen-bond acceptors (Lipinski definition) is 2. The van der Waals surface area contributed by atoms with Crippen LogP contribution in [0, 0.1) is 11.8 Å². The summed E-state index contributed by atoms with van der Waals surface area (Å²) >= 11 is 0. The first-order chi connectivity index (χ1) is 10.0. The molecule has 21 heavy (non-hydrogen) atoms. The van der Waals surface area contributed by atoms with Gasteiger partial charge in [0.25, 0.3) is 0 Å². The molecule has 0 spiro atoms. The number of rotatable bonds is 5. The number of hydrogen-bond donors (Lipinski definition) is 1. The third kappa shape index (κ3) is 3.93. The van der Waals surface area contributed by atoms with Crippen LogP contribution < -0.4 is 5.32 Å². The van der Waals surface area contributed by atoms with Gasteiger partial charge < -0.3 is 0 Å². The van der Waals surface area contributed by atoms with Crippen molar-refractivity contribution in [2.75, 3.05) is 0 Å². The van der Waals surface area contributed by atoms with E-state index in [0.717, 1.165) is 24.8 Å². The first-order valence-corrected chi connectivity index (χ1v) is 7.93. The van der Waals surface area contributed by atoms with E-state index in [2.05, 4.69) is 50.4 Å². The van der Waals surface area contributed by atoms with Gasteiger partial charge in [0.2, 0.25) is 11.8 Å². The third-order valence-electron chi connectivity index (χ3n) is 4.14. The lowest BCUT2D eigenvalue weighted by Gasteiger charge is -2.30. The van der Waals surface area contributed by atoms with E-state index < -0.39 is 0 Å². The van der Waals surface area contributed by atoms with Crippen molar-refractivity contribution in [2.24, 2.45) is 11.8 Å². The molecule has 1 heterocycles. The molecule has 1 fully saturated rings. The molecule has 3 heteroatoms. The summed E-state index contributed by atoms with van der Waals surface area (Å²) in [5.41, 5.74) is 2.43. The summed E-state index contributed by atoms with van der Waals surface area (Å²) in [5, 5.41) is 2.47. The van der Waals surface area contributed by atoms with Crippen molar-refractivity contribution >= 4 is 11.8 Å². The second-order valence-corrected chi connectivity index (χ2v) is 6.46. The second-order valence-electron chi connectivity index (χ2n) is 6.46. The van der Waals surface area contributed by atoms with Gasteiger partial charge in [0.05, 0.1) is 0 Å². The van der Waals surface area contributed by atoms with Crippen molar-refractivity contribution in [3.05, 3.63) is 35.4 Å². The zero-order chi connectivity index (χ0) is 15.4. The zero-order valence-electron chi connectivity index (χ0n) is 13.2. The minimum Gasteiger partial charge on any atom is -0.296 e. The van der Waals surface area contributed by atoms with Crippen molar-refractivity contribution in [3.8, 4) is 0 Å². The van der Waals surface area contributed by atoms with Gasteiger partial charge in [-0.1, -0.05) is 51.5 Å². The first kappa shape index (κ1) is 15.7. The monoisotopic (exact) mass is 287 g/mol. The van der Waals surface area contributed by atoms with Crippen LogP contribution in [-0.2, 0) is 16.0 Å². The van der Waals surface area contributed by atoms with Crippen molar-refractivity contribution in [2.45, 2.75) is 52.4 Å². The molecule has 0 saturated carbocycles. The van der Waals surface area contributed by atoms with Crippen molar-refractivity contribution in [3.63, 3.8) is 0 Å². The van der Waals surface area contributed by atoms with Crippen LogP contribution in [0.2, 0.25) is 0 Å². The van der Waals surface area contributed by atoms with Crippen molar-refractivity contribution in [1.82, 2.24) is 5.32 Å². The molecule has 1 saturated heterocycles. The van der Waals surface area contributed by atoms with Crippen molar-refractivity contribution < 1.29 is 9.59 Å². The number of carbonyl (C=O) groups is 2. The molecule has 1 aliphatic heterocycles. The summed E-state index contributed by atoms with van der Waals surface area (Å²) in [5.74, 6) is 0.321. The summed E-state index contributed by atoms with van der Waals surface area (Å²) in [4.78, 5) is 23.7. The third-order valence-corrected chi connectivity index (χ3v) is 4.14. The largest absolute Gasteiger partial charge is 0.296 e. The van der Waals surface area contributed by atoms with Crippen LogP contribution >= 0.6 is 0 Å². The molecule has 1 aliphatic rings. The molecule has 2 unspecified atom stereocenters. The average molecular weight is 287 g/mol. The molecule has 2 rings (SSSR count). The van der Waals surface area contributed by atoms with Crippen LogP contribution in [0.3, 0.4) is 0 Å². The van der Waals surface area contributed by atoms with Gasteiger partial charge in [0, 0.05) is 18.3 Å². The van der Waals surface area contributed by atoms with Gasteiger partial charge in [-0.05, 0) is 29.9 Å². The van der Waals surface area contributed by atoms with Gasteiger partial charge in [0.1, 0.15) is 0 Å². The maximum Gasteiger partial charge on any atom is 0.230 e. The van der Waals surface area contributed by atoms with E-state index >= 15 is 0 Å². The SMILES string of the molecule is CCCC1C(=O)NC(=O)CC1c1ccc(CC(C)C)cc1. The maximum atomic E-state index is 12.1. The lowest BCUT2D eigenvalue weighted by atomic mass is 9.78. The van der Waals surface area contributed by atoms with Gasteiger partial charge in [-0.2, -0.15) is 0 Å². The Morgan fingerprint density at radius 3 is 2.43 bits per heavy atom. The molecule has 2 amide bonds. The summed E-state index contributed by atoms with van der Waals surface area (Å²) in [6.07, 6.45) is 3.26. The van der Waals surface area contributed by atoms with Crippen molar-refractivity contribution in [1.29, 1.82) is 0 Å². The topological polar surface area (TPSA) is 46.2 Å². The highest BCUT2D eigenvalue weighted by Crippen LogP contribution is 2.34. The Morgan fingerprint density at radius 1 is 1.19 bits per heavy atom. The van der Waals surface area contributed by atoms with Crippen LogP contribution in [-0.4, -0.2) is 11.8 Å². The van der Waals surface area contributed by atoms with Crippen LogP contribution in [0.4, 0.5) is 0 Å². The van der Waals surface area contributed by atoms with Gasteiger partial charge >= 0.3 is 0 Å². The van der Waals surface area contributed by atoms with Crippen LogP contribution in [0.1, 0.15) is 57.1 Å². The van der Waals surface area contributed by atoms with Crippen LogP contribution in [0.15, 0.2) is 24.3 Å². The van der Waals surface area contributed by atoms with E-state index in [1.165, 1.54) is 5.56 Å². The molecular formula is C18H25NO2. The maximum absolute atomic E-state index is 12.1. The number of nitrogens with one attached hydrogen (secondary N) is 1. The summed E-state index contributed by atoms with van der Waals surface area (Å²) in [6, 6.07) is 8.46. The normalized spacial score (nSPS) is 22.5. The molecule has 0 radical (unpaired) electrons. The van der Waals surface area contributed by atoms with E-state index in [4.69, 9.17) is 0 Å². The quantitative estimate of drug-likeness (QED) is 0.843. The van der Waals surface area contributed by atoms with E-state index in [1.54, 1.807) is 0 Å². The van der Waals surface area contributed by atoms with E-state index in [-0.39, 0.29) is 23.7 Å². The number of carbonyl (C=O) groups excluding carboxylic acids is 2. The minimum atomic E-state index is -0.149. The minimum absolute atomic E-state index is 0.0271. The fourth-order valence-corrected chi connectivity index (χ4v) is 3.17. The Balaban J connectivity index is 2.20. The Hall–Kier alpha value is -1.64. The number of amides is 2. The molecule has 1 N–H and O–H groups in total. The molecule has 0 aliphatic carbocycles. The molecule has 1 aromatic rings. The Labute approximate surface area is 127 Å². The Morgan fingerprint density at radius 2 is 1.86 bits per heavy atom. The predicted molar refractivity (Wildman–Crippen MR) is 83.9 cm³/mol. The summed E-state index contributed by atoms with van der Waals surface area (Å²) in [7, 11) is 0. The number of benzene rings is 1. The number of piperidine rings is 1. The lowest BCUT2D eigenvalue weighted by molar-refractivity contribution is -0.137. The predicted octanol–water partition coefficient (Wildman–Crippen LogP) is 3.43. The first-order valence-electron chi connectivity index (χ1n) is 7.93. The average Bonchev–Trinajstić information content (AvgIpc) is 2.42. The Bertz CT molecular complexity index is 504. The summed E-state index contributed by atoms with van der Waals surface area (Å²) < 4.78 is 0. The number of imide groups is 1. The molecule has 1 aromatic carbocycles. The van der Waals surface area contributed by atoms with E-state index in [1.807, 2.05) is 0 Å². The second kappa shape index (κ2) is 6.88. The molecule has 2 atom stereocenters. The highest BCUT2D eigenvalue weighted by molar-refractivity contribution is 5.99. The fraction of sp³-hybridized carbons (Fsp3) is 0.556. The summed E-state index contributed by atoms with van der Waals surface area (Å²) in [6.45, 7) is 6.48. The van der Waals surface area contributed by atoms with E-state index in [0.29, 0.717) is 12.3 Å². The Kier molecular flexibility index (Phi) is 5.16. The molecular weight excluding hydrogens is 262 g/mol. The smallest absolute Gasteiger partial charge is 0.230 e. The fourth-order valence-electron chi connectivity index (χ4n) is 3.17. The zero-order valence-corrected chi connectivity index (χ0v) is 13.2. The van der Waals surface area contributed by atoms with Gasteiger partial charge in [-0.25, -0.2) is 0 Å². The van der Waals surface area contributed by atoms with Gasteiger partial charge in [-0.3, -0.25) is 14.9 Å². The molecule has 114 valence electrons. The molecule has 0 bridgehead atoms. The highest BCUT2D eigenvalue weighted by atomic mass is 16.2. The van der Waals surface area contributed by atoms with Gasteiger partial charge in [0.15, 0.2) is 0 Å². The van der Waals surface area contributed by atoms with Crippen LogP contribution in [0.25, 0.3) is 0 Å². The highest BCUT2D eigenvalue weighted by Gasteiger charge is 2.35. The van der Waals surface area contributed by atoms with Gasteiger partial charge in [-0.15, -0.1) is 0 Å². The lowest BCUT2D eigenvalue weighted by Crippen LogP contribution is -2.44. The molecule has 0 aromatic heterocycles. The van der Waals surface area contributed by atoms with Crippen LogP contribution in [0.5, 0.6) is 0 Å².